The second kappa shape index (κ2) is 9.99. The van der Waals surface area contributed by atoms with E-state index in [-0.39, 0.29) is 29.6 Å². The van der Waals surface area contributed by atoms with E-state index >= 15 is 0 Å². The first kappa shape index (κ1) is 23.8. The van der Waals surface area contributed by atoms with Crippen LogP contribution >= 0.6 is 15.9 Å². The number of hydrogen-bond donors (Lipinski definition) is 0. The van der Waals surface area contributed by atoms with Crippen LogP contribution < -0.4 is 0 Å². The highest BCUT2D eigenvalue weighted by molar-refractivity contribution is 9.09. The number of carbonyl (C=O) groups excluding carboxylic acids is 1. The van der Waals surface area contributed by atoms with Gasteiger partial charge in [0, 0.05) is 0 Å². The minimum absolute atomic E-state index is 0.0321. The zero-order chi connectivity index (χ0) is 23.8. The van der Waals surface area contributed by atoms with E-state index in [4.69, 9.17) is 9.47 Å². The number of rotatable bonds is 5. The molecule has 0 amide bonds. The summed E-state index contributed by atoms with van der Waals surface area (Å²) in [6, 6.07) is 17.3. The minimum atomic E-state index is -0.290. The highest BCUT2D eigenvalue weighted by Gasteiger charge is 2.34. The summed E-state index contributed by atoms with van der Waals surface area (Å²) in [5.41, 5.74) is 2.43. The van der Waals surface area contributed by atoms with Gasteiger partial charge >= 0.3 is 5.97 Å². The van der Waals surface area contributed by atoms with Gasteiger partial charge in [0.05, 0.1) is 10.9 Å². The molecular formula is C30H35BrO3. The molecule has 0 saturated heterocycles. The van der Waals surface area contributed by atoms with E-state index in [1.165, 1.54) is 39.9 Å². The van der Waals surface area contributed by atoms with Crippen molar-refractivity contribution in [1.29, 1.82) is 0 Å². The van der Waals surface area contributed by atoms with E-state index in [0.29, 0.717) is 17.8 Å². The van der Waals surface area contributed by atoms with Gasteiger partial charge in [-0.25, -0.2) is 4.79 Å². The van der Waals surface area contributed by atoms with Crippen LogP contribution in [0, 0.1) is 17.8 Å². The molecule has 1 fully saturated rings. The summed E-state index contributed by atoms with van der Waals surface area (Å²) in [5, 5.41) is 5.00. The Morgan fingerprint density at radius 2 is 1.79 bits per heavy atom. The molecule has 0 aliphatic heterocycles. The number of carbonyl (C=O) groups is 1. The molecule has 0 bridgehead atoms. The van der Waals surface area contributed by atoms with E-state index in [1.54, 1.807) is 0 Å². The molecule has 4 heteroatoms. The summed E-state index contributed by atoms with van der Waals surface area (Å²) in [6.45, 7) is 6.84. The molecule has 0 N–H and O–H groups in total. The van der Waals surface area contributed by atoms with E-state index in [9.17, 15) is 4.79 Å². The molecular weight excluding hydrogens is 488 g/mol. The maximum Gasteiger partial charge on any atom is 0.332 e. The Hall–Kier alpha value is -1.91. The fourth-order valence-electron chi connectivity index (χ4n) is 6.06. The highest BCUT2D eigenvalue weighted by atomic mass is 79.9. The summed E-state index contributed by atoms with van der Waals surface area (Å²) in [4.78, 5) is 13.0. The van der Waals surface area contributed by atoms with Crippen molar-refractivity contribution in [3.05, 3.63) is 59.7 Å². The molecule has 3 nitrogen and oxygen atoms in total. The number of esters is 1. The van der Waals surface area contributed by atoms with Gasteiger partial charge in [0.25, 0.3) is 0 Å². The van der Waals surface area contributed by atoms with Crippen LogP contribution in [0.4, 0.5) is 0 Å². The van der Waals surface area contributed by atoms with Crippen LogP contribution in [-0.2, 0) is 20.7 Å². The Kier molecular flexibility index (Phi) is 7.00. The molecule has 3 aromatic rings. The van der Waals surface area contributed by atoms with E-state index < -0.39 is 0 Å². The third-order valence-electron chi connectivity index (χ3n) is 7.97. The Labute approximate surface area is 211 Å². The fourth-order valence-corrected chi connectivity index (χ4v) is 6.68. The largest absolute Gasteiger partial charge is 0.455 e. The van der Waals surface area contributed by atoms with Crippen LogP contribution in [0.5, 0.6) is 0 Å². The van der Waals surface area contributed by atoms with E-state index in [1.807, 2.05) is 0 Å². The van der Waals surface area contributed by atoms with E-state index in [2.05, 4.69) is 85.2 Å². The normalized spacial score (nSPS) is 27.1. The monoisotopic (exact) mass is 522 g/mol. The standard InChI is InChI=1S/C30H35BrO3/c1-18(2)23-10-8-19(3)14-28(23)33-17-29(32)34-30-25-11-9-22-15-20-6-4-5-7-21(20)16-26(22)24(25)12-13-27(30)31/h4-7,9,11,15-16,18-19,23,27-28,30H,8,10,12-14,17H2,1-3H3/t19-,23+,27+,28-,30+/m1/s1. The van der Waals surface area contributed by atoms with Crippen LogP contribution in [0.2, 0.25) is 0 Å². The second-order valence-corrected chi connectivity index (χ2v) is 11.9. The van der Waals surface area contributed by atoms with Gasteiger partial charge in [-0.3, -0.25) is 0 Å². The molecule has 0 unspecified atom stereocenters. The van der Waals surface area contributed by atoms with Crippen molar-refractivity contribution in [2.24, 2.45) is 17.8 Å². The number of alkyl halides is 1. The number of ether oxygens (including phenoxy) is 2. The van der Waals surface area contributed by atoms with Gasteiger partial charge in [0.1, 0.15) is 12.7 Å². The smallest absolute Gasteiger partial charge is 0.332 e. The van der Waals surface area contributed by atoms with Crippen molar-refractivity contribution >= 4 is 43.4 Å². The van der Waals surface area contributed by atoms with Gasteiger partial charge in [-0.1, -0.05) is 79.5 Å². The number of hydrogen-bond acceptors (Lipinski definition) is 3. The van der Waals surface area contributed by atoms with Gasteiger partial charge < -0.3 is 9.47 Å². The van der Waals surface area contributed by atoms with Gasteiger partial charge in [0.15, 0.2) is 0 Å². The lowest BCUT2D eigenvalue weighted by Gasteiger charge is -2.37. The summed E-state index contributed by atoms with van der Waals surface area (Å²) in [5.74, 6) is 1.47. The predicted octanol–water partition coefficient (Wildman–Crippen LogP) is 7.76. The topological polar surface area (TPSA) is 35.5 Å². The van der Waals surface area contributed by atoms with Gasteiger partial charge in [-0.05, 0) is 88.2 Å². The van der Waals surface area contributed by atoms with Crippen molar-refractivity contribution < 1.29 is 14.3 Å². The Morgan fingerprint density at radius 1 is 1.03 bits per heavy atom. The zero-order valence-corrected chi connectivity index (χ0v) is 22.0. The lowest BCUT2D eigenvalue weighted by Crippen LogP contribution is -2.36. The Bertz CT molecular complexity index is 1190. The SMILES string of the molecule is CC(C)[C@@H]1CC[C@@H](C)C[C@H]1OCC(=O)O[C@H]1c2ccc3cc4ccccc4cc3c2CC[C@@H]1Br. The van der Waals surface area contributed by atoms with Crippen molar-refractivity contribution in [1.82, 2.24) is 0 Å². The number of fused-ring (bicyclic) bond motifs is 4. The van der Waals surface area contributed by atoms with Crippen molar-refractivity contribution in [2.45, 2.75) is 69.9 Å². The van der Waals surface area contributed by atoms with Crippen LogP contribution in [-0.4, -0.2) is 23.5 Å². The molecule has 1 saturated carbocycles. The van der Waals surface area contributed by atoms with E-state index in [0.717, 1.165) is 24.8 Å². The lowest BCUT2D eigenvalue weighted by atomic mass is 9.75. The number of halogens is 1. The average molecular weight is 524 g/mol. The van der Waals surface area contributed by atoms with Crippen LogP contribution in [0.3, 0.4) is 0 Å². The molecule has 3 aromatic carbocycles. The van der Waals surface area contributed by atoms with Crippen molar-refractivity contribution in [3.8, 4) is 0 Å². The second-order valence-electron chi connectivity index (χ2n) is 10.7. The molecule has 0 radical (unpaired) electrons. The molecule has 5 atom stereocenters. The molecule has 2 aliphatic carbocycles. The molecule has 180 valence electrons. The molecule has 34 heavy (non-hydrogen) atoms. The quantitative estimate of drug-likeness (QED) is 0.195. The number of aryl methyl sites for hydroxylation is 1. The Morgan fingerprint density at radius 3 is 2.56 bits per heavy atom. The maximum absolute atomic E-state index is 12.9. The minimum Gasteiger partial charge on any atom is -0.455 e. The Balaban J connectivity index is 1.34. The molecule has 0 spiro atoms. The molecule has 2 aliphatic rings. The summed E-state index contributed by atoms with van der Waals surface area (Å²) < 4.78 is 12.3. The summed E-state index contributed by atoms with van der Waals surface area (Å²) in [6.07, 6.45) is 5.23. The zero-order valence-electron chi connectivity index (χ0n) is 20.4. The first-order valence-corrected chi connectivity index (χ1v) is 13.7. The van der Waals surface area contributed by atoms with Crippen molar-refractivity contribution in [2.75, 3.05) is 6.61 Å². The van der Waals surface area contributed by atoms with Gasteiger partial charge in [-0.15, -0.1) is 0 Å². The fraction of sp³-hybridized carbons (Fsp3) is 0.500. The third-order valence-corrected chi connectivity index (χ3v) is 8.91. The maximum atomic E-state index is 12.9. The molecule has 0 aromatic heterocycles. The molecule has 0 heterocycles. The van der Waals surface area contributed by atoms with Crippen molar-refractivity contribution in [3.63, 3.8) is 0 Å². The number of benzene rings is 3. The third kappa shape index (κ3) is 4.77. The highest BCUT2D eigenvalue weighted by Crippen LogP contribution is 2.41. The predicted molar refractivity (Wildman–Crippen MR) is 142 cm³/mol. The lowest BCUT2D eigenvalue weighted by molar-refractivity contribution is -0.160. The average Bonchev–Trinajstić information content (AvgIpc) is 2.82. The summed E-state index contributed by atoms with van der Waals surface area (Å²) in [7, 11) is 0. The van der Waals surface area contributed by atoms with Crippen LogP contribution in [0.1, 0.15) is 63.7 Å². The van der Waals surface area contributed by atoms with Gasteiger partial charge in [0.2, 0.25) is 0 Å². The first-order valence-electron chi connectivity index (χ1n) is 12.8. The first-order chi connectivity index (χ1) is 16.4. The molecule has 5 rings (SSSR count). The van der Waals surface area contributed by atoms with Crippen LogP contribution in [0.15, 0.2) is 48.5 Å². The summed E-state index contributed by atoms with van der Waals surface area (Å²) >= 11 is 3.80. The van der Waals surface area contributed by atoms with Gasteiger partial charge in [-0.2, -0.15) is 0 Å². The van der Waals surface area contributed by atoms with Crippen LogP contribution in [0.25, 0.3) is 21.5 Å².